The van der Waals surface area contributed by atoms with Crippen molar-refractivity contribution in [2.75, 3.05) is 25.1 Å². The molecule has 0 radical (unpaired) electrons. The van der Waals surface area contributed by atoms with Gasteiger partial charge in [-0.3, -0.25) is 0 Å². The lowest BCUT2D eigenvalue weighted by molar-refractivity contribution is 0.146. The van der Waals surface area contributed by atoms with Crippen LogP contribution in [0.3, 0.4) is 0 Å². The van der Waals surface area contributed by atoms with Crippen LogP contribution >= 0.6 is 12.2 Å². The van der Waals surface area contributed by atoms with Crippen molar-refractivity contribution in [3.63, 3.8) is 0 Å². The minimum Gasteiger partial charge on any atom is -0.382 e. The zero-order valence-electron chi connectivity index (χ0n) is 13.0. The number of thiocarbonyl (C=S) groups is 1. The van der Waals surface area contributed by atoms with Gasteiger partial charge in [0.15, 0.2) is 5.11 Å². The molecule has 1 aromatic rings. The average Bonchev–Trinajstić information content (AvgIpc) is 2.38. The summed E-state index contributed by atoms with van der Waals surface area (Å²) in [5, 5.41) is 7.02. The van der Waals surface area contributed by atoms with E-state index in [0.717, 1.165) is 31.9 Å². The fraction of sp³-hybridized carbons (Fsp3) is 0.562. The van der Waals surface area contributed by atoms with Crippen molar-refractivity contribution in [2.24, 2.45) is 0 Å². The number of anilines is 1. The standard InChI is InChI=1S/C16H26N2OS/c1-5-19-12-6-11-17-15(20)18-14-9-7-13(8-10-14)16(2,3)4/h7-10H,5-6,11-12H2,1-4H3,(H2,17,18,20). The Balaban J connectivity index is 2.35. The summed E-state index contributed by atoms with van der Waals surface area (Å²) in [7, 11) is 0. The maximum atomic E-state index is 5.27. The number of rotatable bonds is 6. The Kier molecular flexibility index (Phi) is 6.96. The maximum Gasteiger partial charge on any atom is 0.170 e. The Morgan fingerprint density at radius 3 is 2.40 bits per heavy atom. The van der Waals surface area contributed by atoms with E-state index < -0.39 is 0 Å². The molecule has 0 saturated carbocycles. The molecule has 3 nitrogen and oxygen atoms in total. The summed E-state index contributed by atoms with van der Waals surface area (Å²) in [5.41, 5.74) is 2.51. The molecule has 0 aliphatic rings. The molecule has 0 spiro atoms. The molecule has 0 fully saturated rings. The molecule has 0 aliphatic heterocycles. The van der Waals surface area contributed by atoms with Gasteiger partial charge in [-0.15, -0.1) is 0 Å². The van der Waals surface area contributed by atoms with Gasteiger partial charge in [-0.05, 0) is 48.7 Å². The second-order valence-electron chi connectivity index (χ2n) is 5.76. The Labute approximate surface area is 128 Å². The lowest BCUT2D eigenvalue weighted by Gasteiger charge is -2.19. The van der Waals surface area contributed by atoms with Crippen molar-refractivity contribution in [1.29, 1.82) is 0 Å². The molecule has 0 heterocycles. The average molecular weight is 294 g/mol. The molecule has 112 valence electrons. The summed E-state index contributed by atoms with van der Waals surface area (Å²) in [4.78, 5) is 0. The molecule has 0 aromatic heterocycles. The molecule has 4 heteroatoms. The molecule has 1 aromatic carbocycles. The van der Waals surface area contributed by atoms with Crippen LogP contribution in [0.4, 0.5) is 5.69 Å². The normalized spacial score (nSPS) is 11.2. The molecule has 0 aliphatic carbocycles. The molecule has 20 heavy (non-hydrogen) atoms. The fourth-order valence-corrected chi connectivity index (χ4v) is 1.97. The van der Waals surface area contributed by atoms with E-state index in [0.29, 0.717) is 5.11 Å². The predicted octanol–water partition coefficient (Wildman–Crippen LogP) is 3.70. The fourth-order valence-electron chi connectivity index (χ4n) is 1.75. The third-order valence-electron chi connectivity index (χ3n) is 2.96. The van der Waals surface area contributed by atoms with Gasteiger partial charge in [0.05, 0.1) is 0 Å². The van der Waals surface area contributed by atoms with E-state index in [2.05, 4.69) is 55.7 Å². The van der Waals surface area contributed by atoms with E-state index in [1.54, 1.807) is 0 Å². The molecule has 1 rings (SSSR count). The molecule has 0 amide bonds. The highest BCUT2D eigenvalue weighted by atomic mass is 32.1. The number of hydrogen-bond acceptors (Lipinski definition) is 2. The highest BCUT2D eigenvalue weighted by molar-refractivity contribution is 7.80. The van der Waals surface area contributed by atoms with Gasteiger partial charge < -0.3 is 15.4 Å². The first-order valence-corrected chi connectivity index (χ1v) is 7.57. The third-order valence-corrected chi connectivity index (χ3v) is 3.21. The van der Waals surface area contributed by atoms with Crippen molar-refractivity contribution in [3.8, 4) is 0 Å². The largest absolute Gasteiger partial charge is 0.382 e. The summed E-state index contributed by atoms with van der Waals surface area (Å²) in [6.45, 7) is 11.0. The molecule has 0 unspecified atom stereocenters. The van der Waals surface area contributed by atoms with E-state index in [1.807, 2.05) is 6.92 Å². The van der Waals surface area contributed by atoms with Crippen LogP contribution in [0.15, 0.2) is 24.3 Å². The molecular weight excluding hydrogens is 268 g/mol. The SMILES string of the molecule is CCOCCCNC(=S)Nc1ccc(C(C)(C)C)cc1. The smallest absolute Gasteiger partial charge is 0.170 e. The van der Waals surface area contributed by atoms with Gasteiger partial charge in [0.1, 0.15) is 0 Å². The van der Waals surface area contributed by atoms with E-state index >= 15 is 0 Å². The number of ether oxygens (including phenoxy) is 1. The number of nitrogens with one attached hydrogen (secondary N) is 2. The summed E-state index contributed by atoms with van der Waals surface area (Å²) in [5.74, 6) is 0. The van der Waals surface area contributed by atoms with Crippen molar-refractivity contribution >= 4 is 23.0 Å². The topological polar surface area (TPSA) is 33.3 Å². The first-order valence-electron chi connectivity index (χ1n) is 7.16. The molecule has 0 bridgehead atoms. The van der Waals surface area contributed by atoms with Crippen molar-refractivity contribution < 1.29 is 4.74 Å². The first kappa shape index (κ1) is 16.9. The van der Waals surface area contributed by atoms with Crippen LogP contribution in [0.2, 0.25) is 0 Å². The monoisotopic (exact) mass is 294 g/mol. The van der Waals surface area contributed by atoms with E-state index in [-0.39, 0.29) is 5.41 Å². The Morgan fingerprint density at radius 2 is 1.85 bits per heavy atom. The lowest BCUT2D eigenvalue weighted by Crippen LogP contribution is -2.29. The number of hydrogen-bond donors (Lipinski definition) is 2. The summed E-state index contributed by atoms with van der Waals surface area (Å²) in [6, 6.07) is 8.41. The Morgan fingerprint density at radius 1 is 1.20 bits per heavy atom. The molecular formula is C16H26N2OS. The quantitative estimate of drug-likeness (QED) is 0.619. The highest BCUT2D eigenvalue weighted by Crippen LogP contribution is 2.23. The van der Waals surface area contributed by atoms with Crippen LogP contribution in [0.25, 0.3) is 0 Å². The van der Waals surface area contributed by atoms with Crippen molar-refractivity contribution in [2.45, 2.75) is 39.5 Å². The Hall–Kier alpha value is -1.13. The van der Waals surface area contributed by atoms with E-state index in [1.165, 1.54) is 5.56 Å². The second kappa shape index (κ2) is 8.22. The van der Waals surface area contributed by atoms with Crippen LogP contribution in [0.1, 0.15) is 39.7 Å². The maximum absolute atomic E-state index is 5.27. The lowest BCUT2D eigenvalue weighted by atomic mass is 9.87. The zero-order chi connectivity index (χ0) is 15.0. The van der Waals surface area contributed by atoms with Gasteiger partial charge in [0.25, 0.3) is 0 Å². The van der Waals surface area contributed by atoms with Crippen LogP contribution in [-0.4, -0.2) is 24.9 Å². The van der Waals surface area contributed by atoms with Gasteiger partial charge in [0.2, 0.25) is 0 Å². The van der Waals surface area contributed by atoms with Gasteiger partial charge in [-0.2, -0.15) is 0 Å². The van der Waals surface area contributed by atoms with Crippen LogP contribution < -0.4 is 10.6 Å². The zero-order valence-corrected chi connectivity index (χ0v) is 13.8. The van der Waals surface area contributed by atoms with Gasteiger partial charge in [-0.25, -0.2) is 0 Å². The second-order valence-corrected chi connectivity index (χ2v) is 6.17. The van der Waals surface area contributed by atoms with Crippen LogP contribution in [-0.2, 0) is 10.2 Å². The highest BCUT2D eigenvalue weighted by Gasteiger charge is 2.12. The first-order chi connectivity index (χ1) is 9.43. The van der Waals surface area contributed by atoms with Gasteiger partial charge >= 0.3 is 0 Å². The minimum atomic E-state index is 0.177. The third kappa shape index (κ3) is 6.35. The minimum absolute atomic E-state index is 0.177. The van der Waals surface area contributed by atoms with E-state index in [4.69, 9.17) is 17.0 Å². The molecule has 0 saturated heterocycles. The number of benzene rings is 1. The summed E-state index contributed by atoms with van der Waals surface area (Å²) >= 11 is 5.26. The molecule has 2 N–H and O–H groups in total. The summed E-state index contributed by atoms with van der Waals surface area (Å²) < 4.78 is 5.27. The summed E-state index contributed by atoms with van der Waals surface area (Å²) in [6.07, 6.45) is 0.957. The predicted molar refractivity (Wildman–Crippen MR) is 90.5 cm³/mol. The van der Waals surface area contributed by atoms with Crippen molar-refractivity contribution in [3.05, 3.63) is 29.8 Å². The van der Waals surface area contributed by atoms with E-state index in [9.17, 15) is 0 Å². The van der Waals surface area contributed by atoms with Gasteiger partial charge in [0, 0.05) is 25.4 Å². The van der Waals surface area contributed by atoms with Crippen LogP contribution in [0.5, 0.6) is 0 Å². The molecule has 0 atom stereocenters. The Bertz CT molecular complexity index is 409. The van der Waals surface area contributed by atoms with Crippen molar-refractivity contribution in [1.82, 2.24) is 5.32 Å². The van der Waals surface area contributed by atoms with Crippen LogP contribution in [0, 0.1) is 0 Å². The van der Waals surface area contributed by atoms with Gasteiger partial charge in [-0.1, -0.05) is 32.9 Å².